The Hall–Kier alpha value is -0.458. The topological polar surface area (TPSA) is 303 Å². The Morgan fingerprint density at radius 3 is 1.45 bits per heavy atom. The molecule has 3 heterocycles. The Morgan fingerprint density at radius 1 is 0.712 bits per heavy atom. The van der Waals surface area contributed by atoms with Gasteiger partial charge < -0.3 is 38.9 Å². The number of carbonyl (C=O) groups excluding carboxylic acids is 4. The summed E-state index contributed by atoms with van der Waals surface area (Å²) in [5, 5.41) is 23.1. The second-order valence-electron chi connectivity index (χ2n) is 12.9. The third kappa shape index (κ3) is 27.3. The second-order valence-corrected chi connectivity index (χ2v) is 14.8. The number of anilines is 3. The fourth-order valence-corrected chi connectivity index (χ4v) is 6.34. The monoisotopic (exact) mass is 2440 g/mol. The molecule has 0 radical (unpaired) electrons. The summed E-state index contributed by atoms with van der Waals surface area (Å²) in [6.07, 6.45) is 4.18. The first kappa shape index (κ1) is 72.5. The number of methoxy groups -OCH3 is 2. The second kappa shape index (κ2) is 43.4. The van der Waals surface area contributed by atoms with E-state index in [9.17, 15) is 39.4 Å². The molecule has 33 heteroatoms. The van der Waals surface area contributed by atoms with Crippen molar-refractivity contribution in [1.29, 1.82) is 0 Å². The number of nitrogens with two attached hydrogens (primary N) is 1. The van der Waals surface area contributed by atoms with Gasteiger partial charge in [0, 0.05) is 209 Å². The van der Waals surface area contributed by atoms with Gasteiger partial charge in [0.15, 0.2) is 23.5 Å². The summed E-state index contributed by atoms with van der Waals surface area (Å²) in [6, 6.07) is 13.0. The van der Waals surface area contributed by atoms with Gasteiger partial charge in [-0.2, -0.15) is 15.0 Å². The summed E-state index contributed by atoms with van der Waals surface area (Å²) in [7, 11) is 2.48. The number of hydrogen-bond acceptors (Lipinski definition) is 22. The maximum atomic E-state index is 12.7. The van der Waals surface area contributed by atoms with Crippen LogP contribution in [0.15, 0.2) is 58.8 Å². The van der Waals surface area contributed by atoms with Crippen molar-refractivity contribution in [3.63, 3.8) is 0 Å². The van der Waals surface area contributed by atoms with Gasteiger partial charge in [-0.1, -0.05) is 59.4 Å². The molecule has 2 aromatic heterocycles. The molecule has 1 saturated heterocycles. The van der Waals surface area contributed by atoms with Crippen molar-refractivity contribution in [2.24, 2.45) is 0 Å². The molecule has 1 aliphatic heterocycles. The van der Waals surface area contributed by atoms with Gasteiger partial charge >= 0.3 is 35.5 Å². The fraction of sp³-hybridized carbons (Fsp3) is 0.400. The number of nitrogens with zero attached hydrogens (tertiary/aromatic N) is 8. The molecule has 1 aliphatic rings. The van der Waals surface area contributed by atoms with E-state index >= 15 is 0 Å². The molecule has 0 unspecified atom stereocenters. The van der Waals surface area contributed by atoms with Crippen LogP contribution in [-0.2, 0) is 46.4 Å². The number of amides is 2. The Bertz CT molecular complexity index is 2250. The van der Waals surface area contributed by atoms with Gasteiger partial charge in [0.05, 0.1) is 50.4 Å². The predicted molar refractivity (Wildman–Crippen MR) is 251 cm³/mol. The number of benzene rings is 2. The van der Waals surface area contributed by atoms with Crippen LogP contribution in [0.3, 0.4) is 0 Å². The molecule has 2 amide bonds. The minimum absolute atomic E-state index is 0. The summed E-state index contributed by atoms with van der Waals surface area (Å²) in [6.45, 7) is 4.41. The summed E-state index contributed by atoms with van der Waals surface area (Å²) < 4.78 is 64.8. The number of aromatic nitrogens is 4. The first-order valence-corrected chi connectivity index (χ1v) is 22.6. The van der Waals surface area contributed by atoms with E-state index in [-0.39, 0.29) is 254 Å². The molecule has 0 aliphatic carbocycles. The summed E-state index contributed by atoms with van der Waals surface area (Å²) >= 11 is 8.22. The van der Waals surface area contributed by atoms with Crippen molar-refractivity contribution in [1.82, 2.24) is 19.9 Å². The summed E-state index contributed by atoms with van der Waals surface area (Å²) in [5.74, 6) is -1.40. The van der Waals surface area contributed by atoms with E-state index < -0.39 is 50.5 Å². The molecule has 2 aromatic carbocycles. The molecule has 1 fully saturated rings. The Labute approximate surface area is 585 Å². The Kier molecular flexibility index (Phi) is 43.2. The van der Waals surface area contributed by atoms with Crippen molar-refractivity contribution >= 4 is 88.1 Å². The van der Waals surface area contributed by atoms with Crippen LogP contribution < -0.4 is 25.0 Å². The van der Waals surface area contributed by atoms with E-state index in [0.717, 1.165) is 46.5 Å². The maximum Gasteiger partial charge on any atom is 0.415 e. The molecule has 0 atom stereocenters. The minimum atomic E-state index is -0.853. The number of hydrogen-bond donors (Lipinski definition) is 1. The van der Waals surface area contributed by atoms with Crippen LogP contribution in [0.5, 0.6) is 11.5 Å². The zero-order chi connectivity index (χ0) is 55.5. The van der Waals surface area contributed by atoms with E-state index in [0.29, 0.717) is 22.6 Å². The van der Waals surface area contributed by atoms with Crippen molar-refractivity contribution in [3.8, 4) is 11.5 Å². The van der Waals surface area contributed by atoms with Crippen molar-refractivity contribution in [3.05, 3.63) is 85.0 Å². The number of rotatable bonds is 18. The zero-order valence-electron chi connectivity index (χ0n) is 46.2. The molecule has 2 N–H and O–H groups in total. The van der Waals surface area contributed by atoms with E-state index in [2.05, 4.69) is 29.4 Å². The quantitative estimate of drug-likeness (QED) is 0.0193. The molecular formula is C40H54ClN9O15S2U6. The molecule has 4 aromatic rings. The first-order chi connectivity index (χ1) is 35.1. The molecule has 0 saturated carbocycles. The smallest absolute Gasteiger partial charge is 0.415 e. The van der Waals surface area contributed by atoms with Crippen molar-refractivity contribution in [2.45, 2.75) is 50.1 Å². The van der Waals surface area contributed by atoms with Crippen LogP contribution in [0.1, 0.15) is 46.7 Å². The normalized spacial score (nSPS) is 10.7. The van der Waals surface area contributed by atoms with E-state index in [1.807, 2.05) is 0 Å². The predicted octanol–water partition coefficient (Wildman–Crippen LogP) is 7.41. The van der Waals surface area contributed by atoms with Crippen LogP contribution in [0, 0.1) is 207 Å². The van der Waals surface area contributed by atoms with E-state index in [4.69, 9.17) is 49.9 Å². The maximum absolute atomic E-state index is 12.7. The third-order valence-electron chi connectivity index (χ3n) is 8.37. The van der Waals surface area contributed by atoms with Crippen LogP contribution in [0.25, 0.3) is 0 Å². The van der Waals surface area contributed by atoms with Gasteiger partial charge in [0.2, 0.25) is 22.6 Å². The number of halogens is 1. The molecule has 73 heavy (non-hydrogen) atoms. The number of carbonyl (C=O) groups is 4. The van der Waals surface area contributed by atoms with E-state index in [1.165, 1.54) is 27.1 Å². The standard InChI is InChI=1S/C18H19ClN4O7S.C18H21N5O7S.C4H8O.6U.3H2/c2*1-4-29-18(25)22(16-14(23(26)27)15(19)20-17(21-16)31-3)9-11-6-5-7-12(8-11)30-10-13(24)28-2;1-2-4-5-3-1;;;;;;;;;/h5-8H,4,9-10H2,1-3H3;5-8H,4,9-10H2,1-3H3,(H2,19,20,21);1-4H2;;;;;;;3*1H/i;;;;;;;;;3*1+2T. The van der Waals surface area contributed by atoms with Crippen molar-refractivity contribution < 1.29 is 258 Å². The summed E-state index contributed by atoms with van der Waals surface area (Å²) in [5.41, 5.74) is 5.60. The average molecular weight is 2440 g/mol. The average Bonchev–Trinajstić information content (AvgIpc) is 4.00. The number of ether oxygens (including phenoxy) is 7. The Balaban J connectivity index is -0.000000207. The first-order valence-electron chi connectivity index (χ1n) is 22.8. The third-order valence-corrected chi connectivity index (χ3v) is 9.73. The fourth-order valence-electron chi connectivity index (χ4n) is 5.33. The van der Waals surface area contributed by atoms with Crippen LogP contribution in [-0.4, -0.2) is 120 Å². The number of esters is 2. The van der Waals surface area contributed by atoms with E-state index in [1.54, 1.807) is 74.9 Å². The minimum Gasteiger partial charge on any atom is -0.482 e. The van der Waals surface area contributed by atoms with Gasteiger partial charge in [-0.05, 0) is 74.6 Å². The molecule has 5 rings (SSSR count). The molecule has 24 nitrogen and oxygen atoms in total. The number of thioether (sulfide) groups is 2. The summed E-state index contributed by atoms with van der Waals surface area (Å²) in [4.78, 5) is 87.5. The zero-order valence-corrected chi connectivity index (χ0v) is 67.5. The number of nitrogen functional groups attached to an aromatic ring is 1. The molecule has 392 valence electrons. The van der Waals surface area contributed by atoms with Gasteiger partial charge in [-0.15, -0.1) is 0 Å². The number of nitro groups is 2. The van der Waals surface area contributed by atoms with Gasteiger partial charge in [0.25, 0.3) is 0 Å². The molecular weight excluding hydrogens is 2370 g/mol. The van der Waals surface area contributed by atoms with Gasteiger partial charge in [-0.3, -0.25) is 30.0 Å². The van der Waals surface area contributed by atoms with Gasteiger partial charge in [0.1, 0.15) is 11.5 Å². The largest absolute Gasteiger partial charge is 0.482 e. The SMILES string of the molecule is C1CCOC1.CCOC(=O)N(Cc1cccc(OCC(=O)OC)c1)c1nc(SC)nc(Cl)c1[N+](=O)[O-].CCOC(=O)N(Cc1cccc(OCC(=O)OC)c1)c1nc(SC)nc(N)c1[N+](=O)[O-].[3H][3H].[3H][3H].[3H][3H].[U].[U].[U].[U].[U].[U]. The molecule has 0 spiro atoms. The van der Waals surface area contributed by atoms with Crippen LogP contribution in [0.2, 0.25) is 5.15 Å². The van der Waals surface area contributed by atoms with Gasteiger partial charge in [-0.25, -0.2) is 24.2 Å². The van der Waals surface area contributed by atoms with Crippen LogP contribution in [0.4, 0.5) is 38.4 Å². The Morgan fingerprint density at radius 2 is 1.11 bits per heavy atom. The van der Waals surface area contributed by atoms with Crippen LogP contribution >= 0.6 is 35.1 Å². The van der Waals surface area contributed by atoms with Crippen molar-refractivity contribution in [2.75, 3.05) is 81.9 Å². The molecule has 0 bridgehead atoms.